The van der Waals surface area contributed by atoms with Crippen LogP contribution in [0.5, 0.6) is 0 Å². The Hall–Kier alpha value is -1.62. The average Bonchev–Trinajstić information content (AvgIpc) is 2.55. The number of carbonyl (C=O) groups is 2. The lowest BCUT2D eigenvalue weighted by Gasteiger charge is -2.41. The van der Waals surface area contributed by atoms with Crippen molar-refractivity contribution in [3.05, 3.63) is 24.3 Å². The van der Waals surface area contributed by atoms with E-state index in [-0.39, 0.29) is 12.3 Å². The number of hydrogen-bond donors (Lipinski definition) is 5. The quantitative estimate of drug-likeness (QED) is 0.355. The minimum Gasteiger partial charge on any atom is -0.478 e. The maximum atomic E-state index is 11.9. The van der Waals surface area contributed by atoms with Gasteiger partial charge in [-0.25, -0.2) is 4.79 Å². The van der Waals surface area contributed by atoms with Crippen molar-refractivity contribution in [3.63, 3.8) is 0 Å². The molecule has 1 saturated heterocycles. The first-order valence-electron chi connectivity index (χ1n) is 7.42. The summed E-state index contributed by atoms with van der Waals surface area (Å²) in [5.74, 6) is -1.87. The van der Waals surface area contributed by atoms with Crippen molar-refractivity contribution in [1.29, 1.82) is 0 Å². The SMILES string of the molecule is O=C(O)C=CC1C=CC(=O)C(O[C@H]2O[C@H](CO)[C@@H](O)[C@H](O)[C@H]2O)C1. The average molecular weight is 344 g/mol. The Balaban J connectivity index is 2.04. The Kier molecular flexibility index (Phi) is 6.21. The van der Waals surface area contributed by atoms with Gasteiger partial charge in [-0.1, -0.05) is 12.2 Å². The summed E-state index contributed by atoms with van der Waals surface area (Å²) in [7, 11) is 0. The molecule has 0 bridgehead atoms. The van der Waals surface area contributed by atoms with Crippen LogP contribution in [0.15, 0.2) is 24.3 Å². The molecule has 2 aliphatic rings. The molecule has 1 aliphatic carbocycles. The molecule has 134 valence electrons. The van der Waals surface area contributed by atoms with Gasteiger partial charge in [-0.3, -0.25) is 4.79 Å². The van der Waals surface area contributed by atoms with Crippen LogP contribution in [0, 0.1) is 5.92 Å². The van der Waals surface area contributed by atoms with E-state index in [9.17, 15) is 24.9 Å². The maximum Gasteiger partial charge on any atom is 0.327 e. The van der Waals surface area contributed by atoms with Crippen molar-refractivity contribution in [1.82, 2.24) is 0 Å². The van der Waals surface area contributed by atoms with E-state index in [0.29, 0.717) is 0 Å². The van der Waals surface area contributed by atoms with Crippen molar-refractivity contribution in [2.75, 3.05) is 6.61 Å². The van der Waals surface area contributed by atoms with Gasteiger partial charge in [0.25, 0.3) is 0 Å². The Morgan fingerprint density at radius 3 is 2.62 bits per heavy atom. The molecule has 0 aromatic rings. The first-order chi connectivity index (χ1) is 11.3. The standard InChI is InChI=1S/C15H20O9/c16-6-10-12(20)13(21)14(22)15(24-10)23-9-5-7(1-3-8(9)17)2-4-11(18)19/h1-4,7,9-10,12-16,20-22H,5-6H2,(H,18,19)/t7?,9?,10-,12-,13+,14-,15+/m1/s1. The molecule has 0 amide bonds. The smallest absolute Gasteiger partial charge is 0.327 e. The summed E-state index contributed by atoms with van der Waals surface area (Å²) in [4.78, 5) is 22.5. The summed E-state index contributed by atoms with van der Waals surface area (Å²) in [6.45, 7) is -0.604. The Bertz CT molecular complexity index is 527. The first kappa shape index (κ1) is 18.7. The van der Waals surface area contributed by atoms with E-state index in [4.69, 9.17) is 19.7 Å². The van der Waals surface area contributed by atoms with Crippen LogP contribution >= 0.6 is 0 Å². The fourth-order valence-corrected chi connectivity index (χ4v) is 2.58. The first-order valence-corrected chi connectivity index (χ1v) is 7.42. The van der Waals surface area contributed by atoms with Gasteiger partial charge in [0.15, 0.2) is 12.1 Å². The molecule has 7 atom stereocenters. The maximum absolute atomic E-state index is 11.9. The van der Waals surface area contributed by atoms with Crippen molar-refractivity contribution in [3.8, 4) is 0 Å². The summed E-state index contributed by atoms with van der Waals surface area (Å²) in [6, 6.07) is 0. The lowest BCUT2D eigenvalue weighted by Crippen LogP contribution is -2.60. The molecule has 0 radical (unpaired) electrons. The number of aliphatic hydroxyl groups is 4. The third-order valence-corrected chi connectivity index (χ3v) is 3.94. The highest BCUT2D eigenvalue weighted by molar-refractivity contribution is 5.94. The molecular weight excluding hydrogens is 324 g/mol. The molecule has 5 N–H and O–H groups in total. The molecule has 1 aliphatic heterocycles. The van der Waals surface area contributed by atoms with Crippen LogP contribution in [0.3, 0.4) is 0 Å². The molecule has 0 spiro atoms. The van der Waals surface area contributed by atoms with E-state index in [0.717, 1.165) is 6.08 Å². The van der Waals surface area contributed by atoms with E-state index in [1.165, 1.54) is 18.2 Å². The minimum atomic E-state index is -1.60. The normalized spacial score (nSPS) is 40.2. The monoisotopic (exact) mass is 344 g/mol. The largest absolute Gasteiger partial charge is 0.478 e. The van der Waals surface area contributed by atoms with Gasteiger partial charge in [-0.05, 0) is 18.4 Å². The van der Waals surface area contributed by atoms with Gasteiger partial charge in [-0.2, -0.15) is 0 Å². The third-order valence-electron chi connectivity index (χ3n) is 3.94. The molecule has 9 heteroatoms. The van der Waals surface area contributed by atoms with Crippen molar-refractivity contribution >= 4 is 11.8 Å². The fraction of sp³-hybridized carbons (Fsp3) is 0.600. The third kappa shape index (κ3) is 4.26. The zero-order valence-corrected chi connectivity index (χ0v) is 12.6. The second kappa shape index (κ2) is 7.97. The summed E-state index contributed by atoms with van der Waals surface area (Å²) in [5.41, 5.74) is 0. The highest BCUT2D eigenvalue weighted by Gasteiger charge is 2.45. The summed E-state index contributed by atoms with van der Waals surface area (Å²) in [5, 5.41) is 47.1. The van der Waals surface area contributed by atoms with Crippen LogP contribution in [-0.2, 0) is 19.1 Å². The second-order valence-corrected chi connectivity index (χ2v) is 5.68. The van der Waals surface area contributed by atoms with E-state index >= 15 is 0 Å². The minimum absolute atomic E-state index is 0.133. The highest BCUT2D eigenvalue weighted by Crippen LogP contribution is 2.26. The number of carbonyl (C=O) groups excluding carboxylic acids is 1. The van der Waals surface area contributed by atoms with Gasteiger partial charge in [-0.15, -0.1) is 0 Å². The number of carboxylic acid groups (broad SMARTS) is 1. The van der Waals surface area contributed by atoms with E-state index < -0.39 is 55.2 Å². The topological polar surface area (TPSA) is 154 Å². The molecule has 2 rings (SSSR count). The van der Waals surface area contributed by atoms with Crippen molar-refractivity contribution < 1.29 is 44.6 Å². The molecule has 24 heavy (non-hydrogen) atoms. The fourth-order valence-electron chi connectivity index (χ4n) is 2.58. The van der Waals surface area contributed by atoms with Gasteiger partial charge in [0.2, 0.25) is 0 Å². The van der Waals surface area contributed by atoms with E-state index in [1.807, 2.05) is 0 Å². The van der Waals surface area contributed by atoms with Crippen LogP contribution in [0.2, 0.25) is 0 Å². The predicted octanol–water partition coefficient (Wildman–Crippen LogP) is -2.04. The molecule has 1 heterocycles. The number of allylic oxidation sites excluding steroid dienone is 2. The predicted molar refractivity (Wildman–Crippen MR) is 77.7 cm³/mol. The van der Waals surface area contributed by atoms with Crippen LogP contribution in [0.1, 0.15) is 6.42 Å². The van der Waals surface area contributed by atoms with Crippen LogP contribution in [0.25, 0.3) is 0 Å². The second-order valence-electron chi connectivity index (χ2n) is 5.68. The number of aliphatic carboxylic acids is 1. The van der Waals surface area contributed by atoms with Gasteiger partial charge in [0.1, 0.15) is 30.5 Å². The Morgan fingerprint density at radius 2 is 2.00 bits per heavy atom. The number of aliphatic hydroxyl groups excluding tert-OH is 4. The molecular formula is C15H20O9. The van der Waals surface area contributed by atoms with Crippen molar-refractivity contribution in [2.24, 2.45) is 5.92 Å². The molecule has 0 aromatic carbocycles. The molecule has 0 saturated carbocycles. The Labute approximate surface area is 137 Å². The number of ether oxygens (including phenoxy) is 2. The molecule has 0 aromatic heterocycles. The number of hydrogen-bond acceptors (Lipinski definition) is 8. The lowest BCUT2D eigenvalue weighted by atomic mass is 9.92. The lowest BCUT2D eigenvalue weighted by molar-refractivity contribution is -0.308. The molecule has 9 nitrogen and oxygen atoms in total. The van der Waals surface area contributed by atoms with Gasteiger partial charge in [0.05, 0.1) is 6.61 Å². The van der Waals surface area contributed by atoms with Crippen LogP contribution in [-0.4, -0.2) is 80.7 Å². The van der Waals surface area contributed by atoms with Crippen molar-refractivity contribution in [2.45, 2.75) is 43.2 Å². The number of carboxylic acids is 1. The Morgan fingerprint density at radius 1 is 1.29 bits per heavy atom. The number of rotatable bonds is 5. The van der Waals surface area contributed by atoms with E-state index in [1.54, 1.807) is 0 Å². The van der Waals surface area contributed by atoms with Crippen LogP contribution < -0.4 is 0 Å². The molecule has 2 unspecified atom stereocenters. The van der Waals surface area contributed by atoms with E-state index in [2.05, 4.69) is 0 Å². The zero-order valence-electron chi connectivity index (χ0n) is 12.6. The van der Waals surface area contributed by atoms with Gasteiger partial charge >= 0.3 is 5.97 Å². The summed E-state index contributed by atoms with van der Waals surface area (Å²) >= 11 is 0. The van der Waals surface area contributed by atoms with Crippen LogP contribution in [0.4, 0.5) is 0 Å². The highest BCUT2D eigenvalue weighted by atomic mass is 16.7. The number of ketones is 1. The summed E-state index contributed by atoms with van der Waals surface area (Å²) < 4.78 is 10.6. The zero-order chi connectivity index (χ0) is 17.9. The van der Waals surface area contributed by atoms with Gasteiger partial charge < -0.3 is 35.0 Å². The summed E-state index contributed by atoms with van der Waals surface area (Å²) in [6.07, 6.45) is -3.01. The molecule has 1 fully saturated rings. The van der Waals surface area contributed by atoms with Gasteiger partial charge in [0, 0.05) is 6.08 Å².